The molecule has 0 saturated heterocycles. The second kappa shape index (κ2) is 7.42. The third kappa shape index (κ3) is 4.20. The summed E-state index contributed by atoms with van der Waals surface area (Å²) in [7, 11) is 0. The number of rotatable bonds is 5. The maximum absolute atomic E-state index is 12.8. The van der Waals surface area contributed by atoms with E-state index in [2.05, 4.69) is 5.32 Å². The topological polar surface area (TPSA) is 34.0 Å². The van der Waals surface area contributed by atoms with Crippen molar-refractivity contribution in [2.45, 2.75) is 6.54 Å². The molecule has 24 heavy (non-hydrogen) atoms. The van der Waals surface area contributed by atoms with Crippen LogP contribution in [0, 0.1) is 5.82 Å². The highest BCUT2D eigenvalue weighted by molar-refractivity contribution is 5.91. The van der Waals surface area contributed by atoms with Crippen molar-refractivity contribution in [1.82, 2.24) is 9.88 Å². The molecule has 0 radical (unpaired) electrons. The molecule has 0 saturated carbocycles. The number of benzene rings is 2. The Morgan fingerprint density at radius 3 is 2.33 bits per heavy atom. The number of nitrogens with zero attached hydrogens (tertiary/aromatic N) is 1. The summed E-state index contributed by atoms with van der Waals surface area (Å²) in [5.41, 5.74) is 2.88. The molecule has 0 bridgehead atoms. The van der Waals surface area contributed by atoms with Crippen LogP contribution in [0.2, 0.25) is 0 Å². The number of amides is 1. The van der Waals surface area contributed by atoms with Crippen molar-refractivity contribution < 1.29 is 9.18 Å². The Kier molecular flexibility index (Phi) is 4.87. The smallest absolute Gasteiger partial charge is 0.244 e. The minimum Gasteiger partial charge on any atom is -0.348 e. The zero-order chi connectivity index (χ0) is 16.8. The van der Waals surface area contributed by atoms with Crippen LogP contribution in [0.4, 0.5) is 4.39 Å². The molecule has 0 spiro atoms. The molecule has 0 unspecified atom stereocenters. The van der Waals surface area contributed by atoms with Crippen molar-refractivity contribution in [3.63, 3.8) is 0 Å². The van der Waals surface area contributed by atoms with Crippen LogP contribution in [0.3, 0.4) is 0 Å². The number of hydrogen-bond donors (Lipinski definition) is 1. The summed E-state index contributed by atoms with van der Waals surface area (Å²) in [4.78, 5) is 11.8. The van der Waals surface area contributed by atoms with Gasteiger partial charge in [-0.1, -0.05) is 24.3 Å². The SMILES string of the molecule is O=C(C=Cc1ccc(F)cc1)NCc1ccc(-n2cccc2)cc1. The van der Waals surface area contributed by atoms with E-state index in [0.29, 0.717) is 6.54 Å². The highest BCUT2D eigenvalue weighted by Gasteiger charge is 1.99. The number of aromatic nitrogens is 1. The normalized spacial score (nSPS) is 10.9. The fraction of sp³-hybridized carbons (Fsp3) is 0.0500. The molecule has 4 heteroatoms. The second-order valence-corrected chi connectivity index (χ2v) is 5.36. The van der Waals surface area contributed by atoms with Crippen molar-refractivity contribution in [2.24, 2.45) is 0 Å². The highest BCUT2D eigenvalue weighted by Crippen LogP contribution is 2.10. The summed E-state index contributed by atoms with van der Waals surface area (Å²) in [6.45, 7) is 0.457. The minimum atomic E-state index is -0.292. The van der Waals surface area contributed by atoms with E-state index in [0.717, 1.165) is 16.8 Å². The summed E-state index contributed by atoms with van der Waals surface area (Å²) in [5, 5.41) is 2.83. The van der Waals surface area contributed by atoms with Crippen molar-refractivity contribution in [3.8, 4) is 5.69 Å². The first-order valence-electron chi connectivity index (χ1n) is 7.64. The quantitative estimate of drug-likeness (QED) is 0.710. The Morgan fingerprint density at radius 1 is 1.00 bits per heavy atom. The molecule has 1 N–H and O–H groups in total. The Bertz CT molecular complexity index is 819. The third-order valence-electron chi connectivity index (χ3n) is 3.60. The number of carbonyl (C=O) groups excluding carboxylic acids is 1. The fourth-order valence-corrected chi connectivity index (χ4v) is 2.29. The predicted octanol–water partition coefficient (Wildman–Crippen LogP) is 3.95. The van der Waals surface area contributed by atoms with E-state index < -0.39 is 0 Å². The monoisotopic (exact) mass is 320 g/mol. The van der Waals surface area contributed by atoms with Crippen LogP contribution in [-0.2, 0) is 11.3 Å². The molecule has 3 nitrogen and oxygen atoms in total. The molecule has 1 amide bonds. The lowest BCUT2D eigenvalue weighted by Crippen LogP contribution is -2.20. The highest BCUT2D eigenvalue weighted by atomic mass is 19.1. The molecule has 2 aromatic carbocycles. The van der Waals surface area contributed by atoms with Gasteiger partial charge in [-0.3, -0.25) is 4.79 Å². The lowest BCUT2D eigenvalue weighted by Gasteiger charge is -2.06. The average molecular weight is 320 g/mol. The van der Waals surface area contributed by atoms with Gasteiger partial charge >= 0.3 is 0 Å². The van der Waals surface area contributed by atoms with Crippen LogP contribution in [-0.4, -0.2) is 10.5 Å². The predicted molar refractivity (Wildman–Crippen MR) is 93.0 cm³/mol. The second-order valence-electron chi connectivity index (χ2n) is 5.36. The van der Waals surface area contributed by atoms with Gasteiger partial charge in [0, 0.05) is 30.7 Å². The number of nitrogens with one attached hydrogen (secondary N) is 1. The van der Waals surface area contributed by atoms with E-state index in [9.17, 15) is 9.18 Å². The van der Waals surface area contributed by atoms with E-state index in [1.54, 1.807) is 18.2 Å². The van der Waals surface area contributed by atoms with Gasteiger partial charge < -0.3 is 9.88 Å². The van der Waals surface area contributed by atoms with Crippen LogP contribution >= 0.6 is 0 Å². The van der Waals surface area contributed by atoms with Crippen molar-refractivity contribution >= 4 is 12.0 Å². The third-order valence-corrected chi connectivity index (χ3v) is 3.60. The van der Waals surface area contributed by atoms with Crippen LogP contribution in [0.5, 0.6) is 0 Å². The molecule has 3 aromatic rings. The molecule has 1 heterocycles. The van der Waals surface area contributed by atoms with Gasteiger partial charge in [0.15, 0.2) is 0 Å². The van der Waals surface area contributed by atoms with Gasteiger partial charge in [0.2, 0.25) is 5.91 Å². The summed E-state index contributed by atoms with van der Waals surface area (Å²) >= 11 is 0. The number of hydrogen-bond acceptors (Lipinski definition) is 1. The Hall–Kier alpha value is -3.14. The van der Waals surface area contributed by atoms with Crippen LogP contribution in [0.1, 0.15) is 11.1 Å². The lowest BCUT2D eigenvalue weighted by atomic mass is 10.2. The van der Waals surface area contributed by atoms with Gasteiger partial charge in [-0.15, -0.1) is 0 Å². The Morgan fingerprint density at radius 2 is 1.67 bits per heavy atom. The molecule has 1 aromatic heterocycles. The largest absolute Gasteiger partial charge is 0.348 e. The van der Waals surface area contributed by atoms with Crippen LogP contribution in [0.15, 0.2) is 79.1 Å². The molecule has 120 valence electrons. The first-order chi connectivity index (χ1) is 11.7. The van der Waals surface area contributed by atoms with E-state index in [-0.39, 0.29) is 11.7 Å². The summed E-state index contributed by atoms with van der Waals surface area (Å²) in [5.74, 6) is -0.478. The van der Waals surface area contributed by atoms with Gasteiger partial charge in [0.1, 0.15) is 5.82 Å². The summed E-state index contributed by atoms with van der Waals surface area (Å²) in [6.07, 6.45) is 7.07. The average Bonchev–Trinajstić information content (AvgIpc) is 3.14. The molecule has 0 fully saturated rings. The first-order valence-corrected chi connectivity index (χ1v) is 7.64. The van der Waals surface area contributed by atoms with E-state index in [1.165, 1.54) is 18.2 Å². The van der Waals surface area contributed by atoms with Crippen LogP contribution < -0.4 is 5.32 Å². The van der Waals surface area contributed by atoms with Gasteiger partial charge in [0.05, 0.1) is 0 Å². The zero-order valence-electron chi connectivity index (χ0n) is 13.0. The molecule has 0 aliphatic carbocycles. The van der Waals surface area contributed by atoms with Gasteiger partial charge in [0.25, 0.3) is 0 Å². The van der Waals surface area contributed by atoms with Crippen molar-refractivity contribution in [1.29, 1.82) is 0 Å². The van der Waals surface area contributed by atoms with E-state index >= 15 is 0 Å². The molecule has 3 rings (SSSR count). The molecular weight excluding hydrogens is 303 g/mol. The Labute approximate surface area is 140 Å². The molecular formula is C20H17FN2O. The number of carbonyl (C=O) groups is 1. The molecule has 0 atom stereocenters. The minimum absolute atomic E-state index is 0.186. The van der Waals surface area contributed by atoms with Crippen molar-refractivity contribution in [3.05, 3.63) is 96.1 Å². The molecule has 0 aliphatic heterocycles. The summed E-state index contributed by atoms with van der Waals surface area (Å²) < 4.78 is 14.8. The van der Waals surface area contributed by atoms with E-state index in [4.69, 9.17) is 0 Å². The van der Waals surface area contributed by atoms with Gasteiger partial charge in [-0.2, -0.15) is 0 Å². The summed E-state index contributed by atoms with van der Waals surface area (Å²) in [6, 6.07) is 17.9. The first kappa shape index (κ1) is 15.7. The van der Waals surface area contributed by atoms with Gasteiger partial charge in [-0.05, 0) is 53.6 Å². The Balaban J connectivity index is 1.53. The van der Waals surface area contributed by atoms with E-state index in [1.807, 2.05) is 53.4 Å². The maximum atomic E-state index is 12.8. The standard InChI is InChI=1S/C20H17FN2O/c21-18-8-3-16(4-9-18)7-12-20(24)22-15-17-5-10-19(11-6-17)23-13-1-2-14-23/h1-14H,15H2,(H,22,24). The van der Waals surface area contributed by atoms with Crippen LogP contribution in [0.25, 0.3) is 11.8 Å². The molecule has 0 aliphatic rings. The fourth-order valence-electron chi connectivity index (χ4n) is 2.29. The zero-order valence-corrected chi connectivity index (χ0v) is 13.0. The van der Waals surface area contributed by atoms with Gasteiger partial charge in [-0.25, -0.2) is 4.39 Å². The lowest BCUT2D eigenvalue weighted by molar-refractivity contribution is -0.116. The maximum Gasteiger partial charge on any atom is 0.244 e. The van der Waals surface area contributed by atoms with Crippen molar-refractivity contribution in [2.75, 3.05) is 0 Å². The number of halogens is 1.